The zero-order valence-corrected chi connectivity index (χ0v) is 11.6. The van der Waals surface area contributed by atoms with Crippen molar-refractivity contribution in [3.63, 3.8) is 0 Å². The van der Waals surface area contributed by atoms with Crippen LogP contribution in [0, 0.1) is 0 Å². The van der Waals surface area contributed by atoms with E-state index < -0.39 is 0 Å². The van der Waals surface area contributed by atoms with Gasteiger partial charge in [0.1, 0.15) is 5.69 Å². The Balaban J connectivity index is 1.85. The Kier molecular flexibility index (Phi) is 3.51. The molecule has 104 valence electrons. The lowest BCUT2D eigenvalue weighted by atomic mass is 10.1. The van der Waals surface area contributed by atoms with E-state index in [1.54, 1.807) is 19.3 Å². The second-order valence-corrected chi connectivity index (χ2v) is 4.70. The molecule has 3 rings (SSSR count). The first-order chi connectivity index (χ1) is 10.3. The van der Waals surface area contributed by atoms with Crippen molar-refractivity contribution in [2.24, 2.45) is 0 Å². The molecule has 0 saturated heterocycles. The number of pyridine rings is 1. The van der Waals surface area contributed by atoms with E-state index in [0.29, 0.717) is 5.69 Å². The topological polar surface area (TPSA) is 54.0 Å². The quantitative estimate of drug-likeness (QED) is 0.770. The molecule has 0 atom stereocenters. The molecule has 0 aliphatic heterocycles. The molecule has 0 radical (unpaired) electrons. The van der Waals surface area contributed by atoms with Gasteiger partial charge in [-0.25, -0.2) is 0 Å². The van der Waals surface area contributed by atoms with Crippen LogP contribution in [-0.2, 0) is 0 Å². The molecule has 0 fully saturated rings. The first kappa shape index (κ1) is 13.1. The van der Waals surface area contributed by atoms with Crippen LogP contribution in [0.15, 0.2) is 60.8 Å². The van der Waals surface area contributed by atoms with Gasteiger partial charge in [0, 0.05) is 24.6 Å². The number of hydrogen-bond donors (Lipinski definition) is 2. The van der Waals surface area contributed by atoms with Gasteiger partial charge < -0.3 is 10.6 Å². The molecular weight excluding hydrogens is 262 g/mol. The van der Waals surface area contributed by atoms with Crippen molar-refractivity contribution in [2.45, 2.75) is 0 Å². The summed E-state index contributed by atoms with van der Waals surface area (Å²) in [7, 11) is 1.81. The van der Waals surface area contributed by atoms with Crippen molar-refractivity contribution in [1.29, 1.82) is 0 Å². The molecule has 4 nitrogen and oxygen atoms in total. The minimum absolute atomic E-state index is 0.220. The van der Waals surface area contributed by atoms with Gasteiger partial charge in [-0.1, -0.05) is 30.3 Å². The number of rotatable bonds is 3. The Bertz CT molecular complexity index is 799. The number of nitrogens with one attached hydrogen (secondary N) is 2. The largest absolute Gasteiger partial charge is 0.388 e. The monoisotopic (exact) mass is 277 g/mol. The molecule has 0 bridgehead atoms. The summed E-state index contributed by atoms with van der Waals surface area (Å²) in [6, 6.07) is 17.4. The molecule has 21 heavy (non-hydrogen) atoms. The lowest BCUT2D eigenvalue weighted by Crippen LogP contribution is -2.13. The molecule has 0 aliphatic carbocycles. The van der Waals surface area contributed by atoms with E-state index in [4.69, 9.17) is 0 Å². The van der Waals surface area contributed by atoms with Gasteiger partial charge in [-0.2, -0.15) is 0 Å². The van der Waals surface area contributed by atoms with Gasteiger partial charge in [0.15, 0.2) is 0 Å². The summed E-state index contributed by atoms with van der Waals surface area (Å²) in [5.41, 5.74) is 2.00. The van der Waals surface area contributed by atoms with Gasteiger partial charge in [-0.15, -0.1) is 0 Å². The van der Waals surface area contributed by atoms with Gasteiger partial charge in [0.05, 0.1) is 0 Å². The molecule has 1 aromatic heterocycles. The summed E-state index contributed by atoms with van der Waals surface area (Å²) in [6.45, 7) is 0. The number of anilines is 2. The summed E-state index contributed by atoms with van der Waals surface area (Å²) in [6.07, 6.45) is 1.61. The molecule has 0 unspecified atom stereocenters. The average Bonchev–Trinajstić information content (AvgIpc) is 2.54. The normalized spacial score (nSPS) is 10.3. The number of carbonyl (C=O) groups is 1. The lowest BCUT2D eigenvalue weighted by Gasteiger charge is -2.07. The summed E-state index contributed by atoms with van der Waals surface area (Å²) in [5.74, 6) is -0.220. The van der Waals surface area contributed by atoms with Crippen molar-refractivity contribution in [3.8, 4) is 0 Å². The van der Waals surface area contributed by atoms with Gasteiger partial charge in [0.25, 0.3) is 5.91 Å². The fraction of sp³-hybridized carbons (Fsp3) is 0.0588. The summed E-state index contributed by atoms with van der Waals surface area (Å²) in [5, 5.41) is 8.10. The summed E-state index contributed by atoms with van der Waals surface area (Å²) in [4.78, 5) is 16.3. The van der Waals surface area contributed by atoms with Crippen LogP contribution in [0.4, 0.5) is 11.4 Å². The van der Waals surface area contributed by atoms with Crippen LogP contribution in [-0.4, -0.2) is 17.9 Å². The molecule has 0 saturated carbocycles. The van der Waals surface area contributed by atoms with E-state index in [1.807, 2.05) is 48.5 Å². The van der Waals surface area contributed by atoms with Crippen LogP contribution in [0.5, 0.6) is 0 Å². The fourth-order valence-corrected chi connectivity index (χ4v) is 2.17. The van der Waals surface area contributed by atoms with E-state index in [2.05, 4.69) is 15.6 Å². The molecule has 3 aromatic rings. The Hall–Kier alpha value is -2.88. The highest BCUT2D eigenvalue weighted by Gasteiger charge is 2.08. The van der Waals surface area contributed by atoms with Crippen LogP contribution < -0.4 is 10.6 Å². The van der Waals surface area contributed by atoms with Crippen molar-refractivity contribution in [1.82, 2.24) is 4.98 Å². The highest BCUT2D eigenvalue weighted by molar-refractivity contribution is 6.04. The Morgan fingerprint density at radius 1 is 0.952 bits per heavy atom. The number of amides is 1. The van der Waals surface area contributed by atoms with Crippen molar-refractivity contribution < 1.29 is 4.79 Å². The maximum Gasteiger partial charge on any atom is 0.274 e. The zero-order chi connectivity index (χ0) is 14.7. The van der Waals surface area contributed by atoms with Crippen LogP contribution in [0.1, 0.15) is 10.5 Å². The Labute approximate surface area is 122 Å². The molecule has 0 aliphatic rings. The first-order valence-electron chi connectivity index (χ1n) is 6.70. The van der Waals surface area contributed by atoms with E-state index >= 15 is 0 Å². The first-order valence-corrected chi connectivity index (χ1v) is 6.70. The van der Waals surface area contributed by atoms with Gasteiger partial charge in [-0.05, 0) is 35.0 Å². The van der Waals surface area contributed by atoms with Gasteiger partial charge >= 0.3 is 0 Å². The number of carbonyl (C=O) groups excluding carboxylic acids is 1. The maximum absolute atomic E-state index is 12.2. The number of aromatic nitrogens is 1. The SMILES string of the molecule is CNc1ccnc(C(=O)Nc2ccc3ccccc3c2)c1. The van der Waals surface area contributed by atoms with Crippen LogP contribution in [0.25, 0.3) is 10.8 Å². The van der Waals surface area contributed by atoms with E-state index in [-0.39, 0.29) is 5.91 Å². The van der Waals surface area contributed by atoms with Crippen molar-refractivity contribution in [3.05, 3.63) is 66.5 Å². The third kappa shape index (κ3) is 2.84. The number of hydrogen-bond acceptors (Lipinski definition) is 3. The highest BCUT2D eigenvalue weighted by Crippen LogP contribution is 2.19. The summed E-state index contributed by atoms with van der Waals surface area (Å²) >= 11 is 0. The fourth-order valence-electron chi connectivity index (χ4n) is 2.17. The van der Waals surface area contributed by atoms with Gasteiger partial charge in [0.2, 0.25) is 0 Å². The van der Waals surface area contributed by atoms with Gasteiger partial charge in [-0.3, -0.25) is 9.78 Å². The molecule has 2 aromatic carbocycles. The lowest BCUT2D eigenvalue weighted by molar-refractivity contribution is 0.102. The highest BCUT2D eigenvalue weighted by atomic mass is 16.1. The minimum atomic E-state index is -0.220. The molecule has 2 N–H and O–H groups in total. The third-order valence-corrected chi connectivity index (χ3v) is 3.29. The number of fused-ring (bicyclic) bond motifs is 1. The predicted molar refractivity (Wildman–Crippen MR) is 85.7 cm³/mol. The molecule has 1 amide bonds. The average molecular weight is 277 g/mol. The van der Waals surface area contributed by atoms with Crippen LogP contribution >= 0.6 is 0 Å². The number of benzene rings is 2. The second-order valence-electron chi connectivity index (χ2n) is 4.70. The predicted octanol–water partition coefficient (Wildman–Crippen LogP) is 3.53. The molecule has 1 heterocycles. The van der Waals surface area contributed by atoms with Crippen molar-refractivity contribution >= 4 is 28.1 Å². The maximum atomic E-state index is 12.2. The van der Waals surface area contributed by atoms with E-state index in [9.17, 15) is 4.79 Å². The van der Waals surface area contributed by atoms with E-state index in [0.717, 1.165) is 22.1 Å². The van der Waals surface area contributed by atoms with Crippen molar-refractivity contribution in [2.75, 3.05) is 17.7 Å². The second kappa shape index (κ2) is 5.63. The third-order valence-electron chi connectivity index (χ3n) is 3.29. The standard InChI is InChI=1S/C17H15N3O/c1-18-14-8-9-19-16(11-14)17(21)20-15-7-6-12-4-2-3-5-13(12)10-15/h2-11H,1H3,(H,18,19)(H,20,21). The minimum Gasteiger partial charge on any atom is -0.388 e. The number of nitrogens with zero attached hydrogens (tertiary/aromatic N) is 1. The van der Waals surface area contributed by atoms with Crippen LogP contribution in [0.2, 0.25) is 0 Å². The van der Waals surface area contributed by atoms with E-state index in [1.165, 1.54) is 0 Å². The molecule has 0 spiro atoms. The Morgan fingerprint density at radius 2 is 1.76 bits per heavy atom. The Morgan fingerprint density at radius 3 is 2.57 bits per heavy atom. The van der Waals surface area contributed by atoms with Crippen LogP contribution in [0.3, 0.4) is 0 Å². The molecule has 4 heteroatoms. The summed E-state index contributed by atoms with van der Waals surface area (Å²) < 4.78 is 0. The smallest absolute Gasteiger partial charge is 0.274 e. The zero-order valence-electron chi connectivity index (χ0n) is 11.6. The molecular formula is C17H15N3O.